The smallest absolute Gasteiger partial charge is 0.123 e. The van der Waals surface area contributed by atoms with Crippen LogP contribution in [0, 0.1) is 17.8 Å². The van der Waals surface area contributed by atoms with Crippen molar-refractivity contribution in [3.8, 4) is 0 Å². The van der Waals surface area contributed by atoms with Crippen LogP contribution in [0.15, 0.2) is 0 Å². The largest absolute Gasteiger partial charge is 0.303 e. The number of thioether (sulfide) groups is 1. The molecule has 62 valence electrons. The van der Waals surface area contributed by atoms with E-state index >= 15 is 0 Å². The summed E-state index contributed by atoms with van der Waals surface area (Å²) in [7, 11) is 0. The number of rotatable bonds is 2. The zero-order chi connectivity index (χ0) is 7.68. The third kappa shape index (κ3) is 1.61. The van der Waals surface area contributed by atoms with E-state index in [-0.39, 0.29) is 0 Å². The van der Waals surface area contributed by atoms with Crippen LogP contribution in [0.2, 0.25) is 0 Å². The first kappa shape index (κ1) is 7.66. The summed E-state index contributed by atoms with van der Waals surface area (Å²) >= 11 is 2.07. The zero-order valence-corrected chi connectivity index (χ0v) is 7.48. The lowest BCUT2D eigenvalue weighted by atomic mass is 9.99. The van der Waals surface area contributed by atoms with Gasteiger partial charge in [-0.15, -0.1) is 0 Å². The molecule has 0 aromatic carbocycles. The van der Waals surface area contributed by atoms with E-state index in [2.05, 4.69) is 11.8 Å². The zero-order valence-electron chi connectivity index (χ0n) is 6.66. The highest BCUT2D eigenvalue weighted by atomic mass is 32.2. The lowest BCUT2D eigenvalue weighted by molar-refractivity contribution is -0.109. The van der Waals surface area contributed by atoms with Crippen LogP contribution in [-0.2, 0) is 4.79 Å². The Morgan fingerprint density at radius 2 is 2.36 bits per heavy atom. The van der Waals surface area contributed by atoms with Crippen molar-refractivity contribution in [2.75, 3.05) is 11.5 Å². The predicted molar refractivity (Wildman–Crippen MR) is 47.7 cm³/mol. The maximum absolute atomic E-state index is 10.4. The molecule has 1 nitrogen and oxygen atoms in total. The van der Waals surface area contributed by atoms with Gasteiger partial charge in [0.25, 0.3) is 0 Å². The molecular weight excluding hydrogens is 156 g/mol. The molecule has 1 aliphatic carbocycles. The minimum atomic E-state index is 0.443. The summed E-state index contributed by atoms with van der Waals surface area (Å²) in [6.45, 7) is 0. The van der Waals surface area contributed by atoms with Gasteiger partial charge in [0, 0.05) is 5.92 Å². The predicted octanol–water partition coefficient (Wildman–Crippen LogP) is 1.96. The van der Waals surface area contributed by atoms with Crippen molar-refractivity contribution in [2.45, 2.75) is 19.3 Å². The molecule has 1 heterocycles. The van der Waals surface area contributed by atoms with Gasteiger partial charge in [-0.1, -0.05) is 0 Å². The number of carbonyl (C=O) groups excluding carboxylic acids is 1. The summed E-state index contributed by atoms with van der Waals surface area (Å²) in [5.41, 5.74) is 0. The molecule has 2 heteroatoms. The number of aldehydes is 1. The molecule has 0 aromatic rings. The van der Waals surface area contributed by atoms with Crippen LogP contribution in [-0.4, -0.2) is 17.8 Å². The Hall–Kier alpha value is 0.0200. The first-order valence-electron chi connectivity index (χ1n) is 4.45. The quantitative estimate of drug-likeness (QED) is 0.589. The van der Waals surface area contributed by atoms with Gasteiger partial charge in [-0.3, -0.25) is 0 Å². The van der Waals surface area contributed by atoms with Gasteiger partial charge in [-0.25, -0.2) is 0 Å². The molecule has 0 spiro atoms. The fourth-order valence-electron chi connectivity index (χ4n) is 2.04. The van der Waals surface area contributed by atoms with Gasteiger partial charge in [0.05, 0.1) is 0 Å². The highest BCUT2D eigenvalue weighted by molar-refractivity contribution is 7.99. The van der Waals surface area contributed by atoms with E-state index in [0.717, 1.165) is 18.1 Å². The van der Waals surface area contributed by atoms with Gasteiger partial charge < -0.3 is 4.79 Å². The molecule has 0 aromatic heterocycles. The Labute approximate surface area is 71.9 Å². The van der Waals surface area contributed by atoms with Crippen molar-refractivity contribution in [3.05, 3.63) is 0 Å². The lowest BCUT2D eigenvalue weighted by Crippen LogP contribution is -2.13. The van der Waals surface area contributed by atoms with Crippen LogP contribution >= 0.6 is 11.8 Å². The van der Waals surface area contributed by atoms with E-state index in [1.165, 1.54) is 30.8 Å². The minimum Gasteiger partial charge on any atom is -0.303 e. The molecule has 0 N–H and O–H groups in total. The van der Waals surface area contributed by atoms with Crippen LogP contribution in [0.25, 0.3) is 0 Å². The van der Waals surface area contributed by atoms with Gasteiger partial charge in [0.1, 0.15) is 6.29 Å². The molecule has 1 aliphatic heterocycles. The Kier molecular flexibility index (Phi) is 2.21. The van der Waals surface area contributed by atoms with Crippen molar-refractivity contribution >= 4 is 18.0 Å². The molecule has 3 unspecified atom stereocenters. The maximum atomic E-state index is 10.4. The van der Waals surface area contributed by atoms with Crippen LogP contribution in [0.5, 0.6) is 0 Å². The third-order valence-electron chi connectivity index (χ3n) is 2.87. The normalized spacial score (nSPS) is 43.5. The second-order valence-corrected chi connectivity index (χ2v) is 4.83. The van der Waals surface area contributed by atoms with Gasteiger partial charge in [0.2, 0.25) is 0 Å². The average Bonchev–Trinajstić information content (AvgIpc) is 2.85. The molecule has 0 bridgehead atoms. The Morgan fingerprint density at radius 3 is 2.91 bits per heavy atom. The maximum Gasteiger partial charge on any atom is 0.123 e. The summed E-state index contributed by atoms with van der Waals surface area (Å²) < 4.78 is 0. The second kappa shape index (κ2) is 3.18. The third-order valence-corrected chi connectivity index (χ3v) is 4.11. The van der Waals surface area contributed by atoms with Crippen molar-refractivity contribution in [2.24, 2.45) is 17.8 Å². The van der Waals surface area contributed by atoms with Crippen LogP contribution in [0.1, 0.15) is 19.3 Å². The molecule has 11 heavy (non-hydrogen) atoms. The van der Waals surface area contributed by atoms with Crippen LogP contribution in [0.3, 0.4) is 0 Å². The van der Waals surface area contributed by atoms with Crippen molar-refractivity contribution < 1.29 is 4.79 Å². The molecule has 2 fully saturated rings. The Bertz CT molecular complexity index is 152. The molecule has 0 amide bonds. The molecule has 2 aliphatic rings. The Balaban J connectivity index is 1.81. The molecule has 1 saturated carbocycles. The first-order chi connectivity index (χ1) is 5.42. The van der Waals surface area contributed by atoms with Crippen molar-refractivity contribution in [1.82, 2.24) is 0 Å². The van der Waals surface area contributed by atoms with Crippen LogP contribution in [0.4, 0.5) is 0 Å². The number of hydrogen-bond acceptors (Lipinski definition) is 2. The van der Waals surface area contributed by atoms with E-state index in [9.17, 15) is 4.79 Å². The summed E-state index contributed by atoms with van der Waals surface area (Å²) in [5, 5.41) is 0. The molecule has 3 atom stereocenters. The summed E-state index contributed by atoms with van der Waals surface area (Å²) in [5.74, 6) is 4.76. The van der Waals surface area contributed by atoms with E-state index < -0.39 is 0 Å². The molecule has 2 rings (SSSR count). The minimum absolute atomic E-state index is 0.443. The van der Waals surface area contributed by atoms with Crippen LogP contribution < -0.4 is 0 Å². The first-order valence-corrected chi connectivity index (χ1v) is 5.60. The fourth-order valence-corrected chi connectivity index (χ4v) is 3.29. The van der Waals surface area contributed by atoms with E-state index in [1.807, 2.05) is 0 Å². The second-order valence-electron chi connectivity index (χ2n) is 3.68. The lowest BCUT2D eigenvalue weighted by Gasteiger charge is -2.20. The average molecular weight is 170 g/mol. The number of hydrogen-bond donors (Lipinski definition) is 0. The molecule has 1 saturated heterocycles. The number of carbonyl (C=O) groups is 1. The van der Waals surface area contributed by atoms with Crippen molar-refractivity contribution in [3.63, 3.8) is 0 Å². The molecule has 0 radical (unpaired) electrons. The van der Waals surface area contributed by atoms with Gasteiger partial charge in [-0.2, -0.15) is 11.8 Å². The van der Waals surface area contributed by atoms with E-state index in [1.54, 1.807) is 0 Å². The van der Waals surface area contributed by atoms with E-state index in [4.69, 9.17) is 0 Å². The van der Waals surface area contributed by atoms with Gasteiger partial charge in [-0.05, 0) is 42.6 Å². The van der Waals surface area contributed by atoms with Crippen molar-refractivity contribution in [1.29, 1.82) is 0 Å². The summed E-state index contributed by atoms with van der Waals surface area (Å²) in [6, 6.07) is 0. The van der Waals surface area contributed by atoms with E-state index in [0.29, 0.717) is 5.92 Å². The molecular formula is C9H14OS. The Morgan fingerprint density at radius 1 is 1.45 bits per heavy atom. The van der Waals surface area contributed by atoms with Gasteiger partial charge in [0.15, 0.2) is 0 Å². The standard InChI is InChI=1S/C9H14OS/c10-5-8-4-9(8)7-2-1-3-11-6-7/h5,7-9H,1-4,6H2. The fraction of sp³-hybridized carbons (Fsp3) is 0.889. The van der Waals surface area contributed by atoms with Gasteiger partial charge >= 0.3 is 0 Å². The SMILES string of the molecule is O=CC1CC1C1CCCSC1. The topological polar surface area (TPSA) is 17.1 Å². The monoisotopic (exact) mass is 170 g/mol. The highest BCUT2D eigenvalue weighted by Gasteiger charge is 2.42. The highest BCUT2D eigenvalue weighted by Crippen LogP contribution is 2.47. The summed E-state index contributed by atoms with van der Waals surface area (Å²) in [6.07, 6.45) is 5.10. The summed E-state index contributed by atoms with van der Waals surface area (Å²) in [4.78, 5) is 10.4.